The number of hydrogen-bond acceptors (Lipinski definition) is 4. The number of rotatable bonds is 4. The molecule has 31 heavy (non-hydrogen) atoms. The average Bonchev–Trinajstić information content (AvgIpc) is 3.43. The van der Waals surface area contributed by atoms with Gasteiger partial charge in [0.25, 0.3) is 11.8 Å². The minimum absolute atomic E-state index is 0.0980. The van der Waals surface area contributed by atoms with E-state index in [0.29, 0.717) is 17.5 Å². The molecule has 2 bridgehead atoms. The summed E-state index contributed by atoms with van der Waals surface area (Å²) in [6, 6.07) is 17.0. The first-order valence-electron chi connectivity index (χ1n) is 10.0. The second kappa shape index (κ2) is 8.83. The topological polar surface area (TPSA) is 116 Å². The highest BCUT2D eigenvalue weighted by atomic mass is 16.2. The molecule has 0 aromatic heterocycles. The summed E-state index contributed by atoms with van der Waals surface area (Å²) in [5.74, 6) is -3.23. The third-order valence-electron chi connectivity index (χ3n) is 5.74. The van der Waals surface area contributed by atoms with Crippen LogP contribution in [-0.4, -0.2) is 23.6 Å². The molecule has 4 rings (SSSR count). The van der Waals surface area contributed by atoms with E-state index in [4.69, 9.17) is 0 Å². The largest absolute Gasteiger partial charge is 0.273 e. The molecular weight excluding hydrogens is 396 g/mol. The number of fused-ring (bicyclic) bond motifs is 2. The molecule has 0 aliphatic heterocycles. The number of nitrogens with one attached hydrogen (secondary N) is 4. The maximum atomic E-state index is 12.8. The first kappa shape index (κ1) is 20.3. The Morgan fingerprint density at radius 1 is 0.581 bits per heavy atom. The number of allylic oxidation sites excluding steroid dienone is 2. The highest BCUT2D eigenvalue weighted by Gasteiger charge is 2.51. The fourth-order valence-electron chi connectivity index (χ4n) is 4.26. The van der Waals surface area contributed by atoms with E-state index < -0.39 is 35.5 Å². The zero-order valence-corrected chi connectivity index (χ0v) is 16.6. The van der Waals surface area contributed by atoms with Crippen LogP contribution in [0.3, 0.4) is 0 Å². The minimum atomic E-state index is -0.639. The van der Waals surface area contributed by atoms with Crippen LogP contribution in [0.2, 0.25) is 0 Å². The van der Waals surface area contributed by atoms with Crippen molar-refractivity contribution in [1.29, 1.82) is 0 Å². The van der Waals surface area contributed by atoms with Crippen LogP contribution < -0.4 is 21.7 Å². The number of hydrogen-bond donors (Lipinski definition) is 4. The summed E-state index contributed by atoms with van der Waals surface area (Å²) in [6.45, 7) is 0. The normalized spacial score (nSPS) is 23.1. The lowest BCUT2D eigenvalue weighted by Crippen LogP contribution is -2.52. The first-order chi connectivity index (χ1) is 15.0. The maximum absolute atomic E-state index is 12.8. The summed E-state index contributed by atoms with van der Waals surface area (Å²) in [7, 11) is 0. The number of carbonyl (C=O) groups is 4. The number of benzene rings is 2. The van der Waals surface area contributed by atoms with Crippen molar-refractivity contribution >= 4 is 23.6 Å². The van der Waals surface area contributed by atoms with Crippen molar-refractivity contribution in [3.8, 4) is 0 Å². The van der Waals surface area contributed by atoms with Gasteiger partial charge in [0.15, 0.2) is 0 Å². The van der Waals surface area contributed by atoms with Crippen LogP contribution in [0.25, 0.3) is 0 Å². The van der Waals surface area contributed by atoms with Crippen LogP contribution in [-0.2, 0) is 9.59 Å². The lowest BCUT2D eigenvalue weighted by molar-refractivity contribution is -0.136. The third kappa shape index (κ3) is 4.32. The Morgan fingerprint density at radius 3 is 1.35 bits per heavy atom. The summed E-state index contributed by atoms with van der Waals surface area (Å²) in [5.41, 5.74) is 10.5. The minimum Gasteiger partial charge on any atom is -0.273 e. The van der Waals surface area contributed by atoms with Crippen LogP contribution in [0.15, 0.2) is 72.8 Å². The molecule has 2 aliphatic carbocycles. The Bertz CT molecular complexity index is 941. The summed E-state index contributed by atoms with van der Waals surface area (Å²) in [6.07, 6.45) is 4.54. The van der Waals surface area contributed by atoms with Crippen LogP contribution in [0.4, 0.5) is 0 Å². The highest BCUT2D eigenvalue weighted by Crippen LogP contribution is 2.48. The zero-order valence-electron chi connectivity index (χ0n) is 16.6. The molecule has 0 spiro atoms. The Balaban J connectivity index is 1.37. The predicted octanol–water partition coefficient (Wildman–Crippen LogP) is 1.35. The number of hydrazine groups is 2. The Labute approximate surface area is 179 Å². The molecule has 2 aromatic rings. The zero-order chi connectivity index (χ0) is 21.8. The van der Waals surface area contributed by atoms with Gasteiger partial charge in [0.2, 0.25) is 11.8 Å². The van der Waals surface area contributed by atoms with Crippen molar-refractivity contribution in [2.75, 3.05) is 0 Å². The lowest BCUT2D eigenvalue weighted by Gasteiger charge is -2.26. The van der Waals surface area contributed by atoms with E-state index in [2.05, 4.69) is 21.7 Å². The van der Waals surface area contributed by atoms with Gasteiger partial charge >= 0.3 is 0 Å². The van der Waals surface area contributed by atoms with E-state index in [1.54, 1.807) is 60.7 Å². The van der Waals surface area contributed by atoms with Gasteiger partial charge in [-0.3, -0.25) is 40.9 Å². The van der Waals surface area contributed by atoms with Gasteiger partial charge in [-0.2, -0.15) is 0 Å². The summed E-state index contributed by atoms with van der Waals surface area (Å²) in [4.78, 5) is 50.0. The second-order valence-corrected chi connectivity index (χ2v) is 7.62. The van der Waals surface area contributed by atoms with Crippen molar-refractivity contribution in [2.45, 2.75) is 6.42 Å². The molecule has 2 aliphatic rings. The van der Waals surface area contributed by atoms with E-state index in [0.717, 1.165) is 0 Å². The lowest BCUT2D eigenvalue weighted by atomic mass is 9.82. The van der Waals surface area contributed by atoms with E-state index in [-0.39, 0.29) is 11.8 Å². The average molecular weight is 418 g/mol. The first-order valence-corrected chi connectivity index (χ1v) is 10.0. The molecule has 0 unspecified atom stereocenters. The molecule has 158 valence electrons. The van der Waals surface area contributed by atoms with Gasteiger partial charge in [0.05, 0.1) is 11.8 Å². The second-order valence-electron chi connectivity index (χ2n) is 7.62. The van der Waals surface area contributed by atoms with E-state index in [1.807, 2.05) is 12.2 Å². The Morgan fingerprint density at radius 2 is 0.968 bits per heavy atom. The Hall–Kier alpha value is -3.94. The molecule has 1 fully saturated rings. The van der Waals surface area contributed by atoms with Gasteiger partial charge in [0, 0.05) is 11.1 Å². The van der Waals surface area contributed by atoms with Gasteiger partial charge in [-0.25, -0.2) is 0 Å². The van der Waals surface area contributed by atoms with E-state index >= 15 is 0 Å². The molecule has 4 atom stereocenters. The van der Waals surface area contributed by atoms with Gasteiger partial charge in [-0.15, -0.1) is 0 Å². The molecule has 0 saturated heterocycles. The molecule has 2 aromatic carbocycles. The summed E-state index contributed by atoms with van der Waals surface area (Å²) in [5, 5.41) is 0. The summed E-state index contributed by atoms with van der Waals surface area (Å²) >= 11 is 0. The SMILES string of the molecule is O=C(NNC(=O)[C@@H]1[C@H](C(=O)NNC(=O)c2ccccc2)[C@H]2C=C[C@H]1C2)c1ccccc1. The highest BCUT2D eigenvalue weighted by molar-refractivity contribution is 5.98. The van der Waals surface area contributed by atoms with Crippen molar-refractivity contribution in [2.24, 2.45) is 23.7 Å². The molecule has 8 heteroatoms. The van der Waals surface area contributed by atoms with Crippen molar-refractivity contribution < 1.29 is 19.2 Å². The van der Waals surface area contributed by atoms with Gasteiger partial charge in [-0.05, 0) is 42.5 Å². The van der Waals surface area contributed by atoms with Gasteiger partial charge < -0.3 is 0 Å². The fourth-order valence-corrected chi connectivity index (χ4v) is 4.26. The number of carbonyl (C=O) groups excluding carboxylic acids is 4. The predicted molar refractivity (Wildman–Crippen MR) is 112 cm³/mol. The monoisotopic (exact) mass is 418 g/mol. The quantitative estimate of drug-likeness (QED) is 0.443. The molecule has 8 nitrogen and oxygen atoms in total. The van der Waals surface area contributed by atoms with E-state index in [9.17, 15) is 19.2 Å². The smallest absolute Gasteiger partial charge is 0.269 e. The fraction of sp³-hybridized carbons (Fsp3) is 0.217. The molecule has 1 saturated carbocycles. The van der Waals surface area contributed by atoms with Gasteiger partial charge in [0.1, 0.15) is 0 Å². The summed E-state index contributed by atoms with van der Waals surface area (Å²) < 4.78 is 0. The van der Waals surface area contributed by atoms with Crippen LogP contribution in [0.5, 0.6) is 0 Å². The van der Waals surface area contributed by atoms with Crippen LogP contribution in [0, 0.1) is 23.7 Å². The van der Waals surface area contributed by atoms with E-state index in [1.165, 1.54) is 0 Å². The van der Waals surface area contributed by atoms with Crippen molar-refractivity contribution in [1.82, 2.24) is 21.7 Å². The van der Waals surface area contributed by atoms with Crippen molar-refractivity contribution in [3.05, 3.63) is 83.9 Å². The maximum Gasteiger partial charge on any atom is 0.269 e. The Kier molecular flexibility index (Phi) is 5.79. The van der Waals surface area contributed by atoms with Gasteiger partial charge in [-0.1, -0.05) is 48.6 Å². The number of amides is 4. The molecular formula is C23H22N4O4. The third-order valence-corrected chi connectivity index (χ3v) is 5.74. The standard InChI is InChI=1S/C23H22N4O4/c28-20(14-7-3-1-4-8-14)24-26-22(30)18-16-11-12-17(13-16)19(18)23(31)27-25-21(29)15-9-5-2-6-10-15/h1-12,16-19H,13H2,(H,24,28)(H,25,29)(H,26,30)(H,27,31)/t16-,17-,18-,19+/m0/s1. The molecule has 4 N–H and O–H groups in total. The molecule has 0 heterocycles. The van der Waals surface area contributed by atoms with Crippen LogP contribution >= 0.6 is 0 Å². The molecule has 4 amide bonds. The van der Waals surface area contributed by atoms with Crippen molar-refractivity contribution in [3.63, 3.8) is 0 Å². The molecule has 0 radical (unpaired) electrons. The van der Waals surface area contributed by atoms with Crippen LogP contribution in [0.1, 0.15) is 27.1 Å².